The van der Waals surface area contributed by atoms with Gasteiger partial charge in [0.2, 0.25) is 0 Å². The first kappa shape index (κ1) is 16.1. The zero-order valence-corrected chi connectivity index (χ0v) is 13.4. The molecule has 3 rings (SSSR count). The highest BCUT2D eigenvalue weighted by Gasteiger charge is 2.29. The van der Waals surface area contributed by atoms with E-state index in [1.54, 1.807) is 0 Å². The Morgan fingerprint density at radius 1 is 1.13 bits per heavy atom. The molecule has 1 saturated heterocycles. The van der Waals surface area contributed by atoms with Crippen LogP contribution in [0.4, 0.5) is 0 Å². The molecule has 0 spiro atoms. The Kier molecular flexibility index (Phi) is 5.00. The number of nitrogens with zero attached hydrogens (tertiary/aromatic N) is 2. The Morgan fingerprint density at radius 3 is 2.43 bits per heavy atom. The lowest BCUT2D eigenvalue weighted by molar-refractivity contribution is -0.0626. The third-order valence-corrected chi connectivity index (χ3v) is 4.47. The molecule has 0 radical (unpaired) electrons. The van der Waals surface area contributed by atoms with Crippen LogP contribution in [0.2, 0.25) is 0 Å². The summed E-state index contributed by atoms with van der Waals surface area (Å²) in [6.07, 6.45) is 6.54. The highest BCUT2D eigenvalue weighted by atomic mass is 16.5. The molecular formula is C18H23N3O2. The van der Waals surface area contributed by atoms with Crippen LogP contribution < -0.4 is 5.32 Å². The summed E-state index contributed by atoms with van der Waals surface area (Å²) in [5.41, 5.74) is 2.66. The van der Waals surface area contributed by atoms with Gasteiger partial charge >= 0.3 is 0 Å². The second kappa shape index (κ2) is 7.17. The smallest absolute Gasteiger partial charge is 0.115 e. The van der Waals surface area contributed by atoms with E-state index in [4.69, 9.17) is 4.74 Å². The Labute approximate surface area is 136 Å². The number of ether oxygens (including phenoxy) is 1. The van der Waals surface area contributed by atoms with Gasteiger partial charge in [-0.15, -0.1) is 0 Å². The molecule has 1 unspecified atom stereocenters. The van der Waals surface area contributed by atoms with E-state index in [9.17, 15) is 5.11 Å². The van der Waals surface area contributed by atoms with E-state index < -0.39 is 5.60 Å². The summed E-state index contributed by atoms with van der Waals surface area (Å²) in [6, 6.07) is 8.55. The van der Waals surface area contributed by atoms with Crippen LogP contribution in [0.1, 0.15) is 31.4 Å². The van der Waals surface area contributed by atoms with Gasteiger partial charge in [0.25, 0.3) is 0 Å². The summed E-state index contributed by atoms with van der Waals surface area (Å²) >= 11 is 0. The molecule has 1 aliphatic heterocycles. The van der Waals surface area contributed by atoms with E-state index in [0.717, 1.165) is 11.1 Å². The van der Waals surface area contributed by atoms with Gasteiger partial charge in [0.1, 0.15) is 6.33 Å². The number of aliphatic hydroxyl groups is 1. The average molecular weight is 313 g/mol. The molecule has 2 heterocycles. The standard InChI is InChI=1S/C18H23N3O2/c1-14(21-12-18(22)6-8-23-9-7-18)15-2-4-16(5-3-15)17-10-19-13-20-11-17/h2-5,10-11,13-14,21-22H,6-9,12H2,1H3. The number of hydrogen-bond donors (Lipinski definition) is 2. The van der Waals surface area contributed by atoms with E-state index in [1.807, 2.05) is 12.4 Å². The van der Waals surface area contributed by atoms with E-state index in [-0.39, 0.29) is 6.04 Å². The van der Waals surface area contributed by atoms with Gasteiger partial charge in [0.15, 0.2) is 0 Å². The van der Waals surface area contributed by atoms with Gasteiger partial charge in [-0.3, -0.25) is 0 Å². The summed E-state index contributed by atoms with van der Waals surface area (Å²) in [5, 5.41) is 13.9. The van der Waals surface area contributed by atoms with Crippen molar-refractivity contribution in [2.75, 3.05) is 19.8 Å². The van der Waals surface area contributed by atoms with E-state index in [1.165, 1.54) is 11.9 Å². The first-order chi connectivity index (χ1) is 11.2. The van der Waals surface area contributed by atoms with E-state index in [0.29, 0.717) is 32.6 Å². The van der Waals surface area contributed by atoms with Gasteiger partial charge in [0, 0.05) is 56.6 Å². The Bertz CT molecular complexity index is 610. The molecule has 1 aliphatic rings. The molecule has 1 aromatic carbocycles. The summed E-state index contributed by atoms with van der Waals surface area (Å²) in [4.78, 5) is 8.09. The van der Waals surface area contributed by atoms with Crippen molar-refractivity contribution in [1.82, 2.24) is 15.3 Å². The lowest BCUT2D eigenvalue weighted by Crippen LogP contribution is -2.45. The van der Waals surface area contributed by atoms with Crippen molar-refractivity contribution in [2.45, 2.75) is 31.4 Å². The highest BCUT2D eigenvalue weighted by Crippen LogP contribution is 2.23. The number of nitrogens with one attached hydrogen (secondary N) is 1. The second-order valence-corrected chi connectivity index (χ2v) is 6.19. The fraction of sp³-hybridized carbons (Fsp3) is 0.444. The minimum absolute atomic E-state index is 0.183. The number of benzene rings is 1. The first-order valence-electron chi connectivity index (χ1n) is 8.05. The molecular weight excluding hydrogens is 290 g/mol. The van der Waals surface area contributed by atoms with Crippen LogP contribution >= 0.6 is 0 Å². The summed E-state index contributed by atoms with van der Waals surface area (Å²) in [5.74, 6) is 0. The van der Waals surface area contributed by atoms with Gasteiger partial charge in [0.05, 0.1) is 5.60 Å². The molecule has 0 saturated carbocycles. The molecule has 1 atom stereocenters. The zero-order chi connectivity index (χ0) is 16.1. The fourth-order valence-corrected chi connectivity index (χ4v) is 2.80. The number of rotatable bonds is 5. The molecule has 0 amide bonds. The molecule has 1 aromatic heterocycles. The Balaban J connectivity index is 1.60. The number of aromatic nitrogens is 2. The van der Waals surface area contributed by atoms with E-state index in [2.05, 4.69) is 46.5 Å². The normalized spacial score (nSPS) is 18.5. The van der Waals surface area contributed by atoms with Crippen molar-refractivity contribution in [2.24, 2.45) is 0 Å². The maximum absolute atomic E-state index is 10.5. The van der Waals surface area contributed by atoms with E-state index >= 15 is 0 Å². The van der Waals surface area contributed by atoms with Crippen LogP contribution in [0.3, 0.4) is 0 Å². The van der Waals surface area contributed by atoms with Crippen LogP contribution in [0, 0.1) is 0 Å². The molecule has 2 N–H and O–H groups in total. The topological polar surface area (TPSA) is 67.3 Å². The van der Waals surface area contributed by atoms with Gasteiger partial charge in [-0.05, 0) is 18.1 Å². The molecule has 23 heavy (non-hydrogen) atoms. The van der Waals surface area contributed by atoms with Crippen molar-refractivity contribution >= 4 is 0 Å². The molecule has 5 nitrogen and oxygen atoms in total. The average Bonchev–Trinajstić information content (AvgIpc) is 2.61. The minimum atomic E-state index is -0.645. The van der Waals surface area contributed by atoms with Crippen LogP contribution in [0.25, 0.3) is 11.1 Å². The lowest BCUT2D eigenvalue weighted by atomic mass is 9.93. The quantitative estimate of drug-likeness (QED) is 0.887. The SMILES string of the molecule is CC(NCC1(O)CCOCC1)c1ccc(-c2cncnc2)cc1. The molecule has 0 aliphatic carbocycles. The monoisotopic (exact) mass is 313 g/mol. The highest BCUT2D eigenvalue weighted by molar-refractivity contribution is 5.61. The first-order valence-corrected chi connectivity index (χ1v) is 8.05. The Morgan fingerprint density at radius 2 is 1.78 bits per heavy atom. The van der Waals surface area contributed by atoms with Crippen molar-refractivity contribution in [3.63, 3.8) is 0 Å². The van der Waals surface area contributed by atoms with Crippen molar-refractivity contribution in [1.29, 1.82) is 0 Å². The van der Waals surface area contributed by atoms with Gasteiger partial charge in [-0.1, -0.05) is 24.3 Å². The molecule has 0 bridgehead atoms. The molecule has 122 valence electrons. The van der Waals surface area contributed by atoms with Crippen molar-refractivity contribution in [3.8, 4) is 11.1 Å². The van der Waals surface area contributed by atoms with Gasteiger partial charge in [-0.2, -0.15) is 0 Å². The molecule has 1 fully saturated rings. The molecule has 2 aromatic rings. The van der Waals surface area contributed by atoms with Crippen molar-refractivity contribution in [3.05, 3.63) is 48.5 Å². The Hall–Kier alpha value is -1.82. The van der Waals surface area contributed by atoms with Crippen LogP contribution in [0.15, 0.2) is 43.0 Å². The van der Waals surface area contributed by atoms with Gasteiger partial charge in [-0.25, -0.2) is 9.97 Å². The largest absolute Gasteiger partial charge is 0.388 e. The third kappa shape index (κ3) is 4.13. The summed E-state index contributed by atoms with van der Waals surface area (Å²) < 4.78 is 5.31. The lowest BCUT2D eigenvalue weighted by Gasteiger charge is -2.33. The zero-order valence-electron chi connectivity index (χ0n) is 13.4. The number of hydrogen-bond acceptors (Lipinski definition) is 5. The minimum Gasteiger partial charge on any atom is -0.388 e. The predicted molar refractivity (Wildman–Crippen MR) is 88.9 cm³/mol. The maximum atomic E-state index is 10.5. The van der Waals surface area contributed by atoms with Crippen molar-refractivity contribution < 1.29 is 9.84 Å². The van der Waals surface area contributed by atoms with Gasteiger partial charge < -0.3 is 15.2 Å². The summed E-state index contributed by atoms with van der Waals surface area (Å²) in [7, 11) is 0. The second-order valence-electron chi connectivity index (χ2n) is 6.19. The van der Waals surface area contributed by atoms with Crippen LogP contribution in [-0.4, -0.2) is 40.4 Å². The fourth-order valence-electron chi connectivity index (χ4n) is 2.80. The van der Waals surface area contributed by atoms with Crippen LogP contribution in [0.5, 0.6) is 0 Å². The van der Waals surface area contributed by atoms with Crippen LogP contribution in [-0.2, 0) is 4.74 Å². The maximum Gasteiger partial charge on any atom is 0.115 e. The predicted octanol–water partition coefficient (Wildman–Crippen LogP) is 2.34. The third-order valence-electron chi connectivity index (χ3n) is 4.47. The molecule has 5 heteroatoms. The summed E-state index contributed by atoms with van der Waals surface area (Å²) in [6.45, 7) is 3.98.